The van der Waals surface area contributed by atoms with E-state index in [0.29, 0.717) is 0 Å². The quantitative estimate of drug-likeness (QED) is 0.261. The summed E-state index contributed by atoms with van der Waals surface area (Å²) in [4.78, 5) is 0. The first-order valence-electron chi connectivity index (χ1n) is 10.3. The van der Waals surface area contributed by atoms with Crippen molar-refractivity contribution in [1.29, 1.82) is 0 Å². The van der Waals surface area contributed by atoms with Gasteiger partial charge in [0.1, 0.15) is 0 Å². The lowest BCUT2D eigenvalue weighted by atomic mass is 10.0. The Balaban J connectivity index is 2.94. The van der Waals surface area contributed by atoms with Crippen LogP contribution in [0.2, 0.25) is 0 Å². The summed E-state index contributed by atoms with van der Waals surface area (Å²) >= 11 is 0. The summed E-state index contributed by atoms with van der Waals surface area (Å²) in [7, 11) is 0. The Morgan fingerprint density at radius 1 is 0.545 bits per heavy atom. The topological polar surface area (TPSA) is 12.0 Å². The molecule has 0 heterocycles. The number of hydrogen-bond donors (Lipinski definition) is 1. The van der Waals surface area contributed by atoms with Crippen molar-refractivity contribution in [3.63, 3.8) is 0 Å². The standard InChI is InChI=1S/C21H43N/c1-3-5-6-7-8-9-10-11-12-13-14-15-16-17-18-19-21-22-20-4-2/h4,20,22H,3,5-19,21H2,1-2H3/b20-4+. The van der Waals surface area contributed by atoms with Crippen LogP contribution in [0.25, 0.3) is 0 Å². The van der Waals surface area contributed by atoms with Crippen LogP contribution in [-0.4, -0.2) is 6.54 Å². The van der Waals surface area contributed by atoms with Crippen LogP contribution >= 0.6 is 0 Å². The molecule has 0 saturated carbocycles. The van der Waals surface area contributed by atoms with E-state index in [0.717, 1.165) is 6.54 Å². The second-order valence-corrected chi connectivity index (χ2v) is 6.76. The summed E-state index contributed by atoms with van der Waals surface area (Å²) in [6.45, 7) is 5.49. The van der Waals surface area contributed by atoms with Crippen molar-refractivity contribution in [1.82, 2.24) is 5.32 Å². The van der Waals surface area contributed by atoms with Crippen LogP contribution in [-0.2, 0) is 0 Å². The molecule has 1 nitrogen and oxygen atoms in total. The molecule has 132 valence electrons. The molecule has 0 spiro atoms. The third kappa shape index (κ3) is 19.5. The summed E-state index contributed by atoms with van der Waals surface area (Å²) in [6.07, 6.45) is 27.2. The van der Waals surface area contributed by atoms with E-state index in [1.807, 2.05) is 6.20 Å². The Morgan fingerprint density at radius 3 is 1.27 bits per heavy atom. The summed E-state index contributed by atoms with van der Waals surface area (Å²) < 4.78 is 0. The molecule has 0 aromatic heterocycles. The Bertz CT molecular complexity index is 210. The molecule has 1 heteroatoms. The normalized spacial score (nSPS) is 11.4. The average molecular weight is 310 g/mol. The Labute approximate surface area is 141 Å². The second-order valence-electron chi connectivity index (χ2n) is 6.76. The monoisotopic (exact) mass is 309 g/mol. The third-order valence-electron chi connectivity index (χ3n) is 4.46. The summed E-state index contributed by atoms with van der Waals surface area (Å²) in [5.74, 6) is 0. The maximum Gasteiger partial charge on any atom is 0.0141 e. The molecule has 0 atom stereocenters. The van der Waals surface area contributed by atoms with Gasteiger partial charge in [-0.3, -0.25) is 0 Å². The molecule has 0 saturated heterocycles. The van der Waals surface area contributed by atoms with Crippen LogP contribution < -0.4 is 5.32 Å². The van der Waals surface area contributed by atoms with Crippen molar-refractivity contribution < 1.29 is 0 Å². The van der Waals surface area contributed by atoms with E-state index >= 15 is 0 Å². The number of rotatable bonds is 18. The summed E-state index contributed by atoms with van der Waals surface area (Å²) in [6, 6.07) is 0. The van der Waals surface area contributed by atoms with Gasteiger partial charge in [-0.1, -0.05) is 109 Å². The SMILES string of the molecule is C/C=C/NCCCCCCCCCCCCCCCCCC. The van der Waals surface area contributed by atoms with Crippen molar-refractivity contribution in [3.05, 3.63) is 12.3 Å². The average Bonchev–Trinajstić information content (AvgIpc) is 2.54. The summed E-state index contributed by atoms with van der Waals surface area (Å²) in [5.41, 5.74) is 0. The Morgan fingerprint density at radius 2 is 0.909 bits per heavy atom. The van der Waals surface area contributed by atoms with E-state index < -0.39 is 0 Å². The second kappa shape index (κ2) is 20.5. The minimum atomic E-state index is 1.14. The van der Waals surface area contributed by atoms with Gasteiger partial charge in [-0.15, -0.1) is 0 Å². The number of unbranched alkanes of at least 4 members (excludes halogenated alkanes) is 15. The molecule has 1 N–H and O–H groups in total. The van der Waals surface area contributed by atoms with Gasteiger partial charge in [0.15, 0.2) is 0 Å². The molecule has 0 aromatic carbocycles. The minimum absolute atomic E-state index is 1.14. The van der Waals surface area contributed by atoms with Gasteiger partial charge in [0.05, 0.1) is 0 Å². The van der Waals surface area contributed by atoms with Crippen molar-refractivity contribution in [2.45, 2.75) is 117 Å². The van der Waals surface area contributed by atoms with Crippen LogP contribution in [0, 0.1) is 0 Å². The van der Waals surface area contributed by atoms with E-state index in [-0.39, 0.29) is 0 Å². The van der Waals surface area contributed by atoms with Crippen LogP contribution in [0.4, 0.5) is 0 Å². The fourth-order valence-electron chi connectivity index (χ4n) is 2.98. The lowest BCUT2D eigenvalue weighted by molar-refractivity contribution is 0.528. The third-order valence-corrected chi connectivity index (χ3v) is 4.46. The molecule has 0 fully saturated rings. The molecule has 0 aliphatic carbocycles. The molecule has 22 heavy (non-hydrogen) atoms. The predicted octanol–water partition coefficient (Wildman–Crippen LogP) is 7.37. The molecule has 0 rings (SSSR count). The first kappa shape index (κ1) is 21.5. The molecule has 0 bridgehead atoms. The van der Waals surface area contributed by atoms with Gasteiger partial charge in [0.25, 0.3) is 0 Å². The zero-order chi connectivity index (χ0) is 16.1. The number of nitrogens with one attached hydrogen (secondary N) is 1. The number of allylic oxidation sites excluding steroid dienone is 1. The molecular weight excluding hydrogens is 266 g/mol. The van der Waals surface area contributed by atoms with E-state index in [1.54, 1.807) is 0 Å². The van der Waals surface area contributed by atoms with Crippen molar-refractivity contribution in [3.8, 4) is 0 Å². The van der Waals surface area contributed by atoms with E-state index in [2.05, 4.69) is 25.2 Å². The predicted molar refractivity (Wildman–Crippen MR) is 102 cm³/mol. The molecule has 0 amide bonds. The van der Waals surface area contributed by atoms with Gasteiger partial charge in [0.2, 0.25) is 0 Å². The summed E-state index contributed by atoms with van der Waals surface area (Å²) in [5, 5.41) is 3.30. The fourth-order valence-corrected chi connectivity index (χ4v) is 2.98. The van der Waals surface area contributed by atoms with Gasteiger partial charge in [-0.05, 0) is 19.5 Å². The maximum absolute atomic E-state index is 3.30. The highest BCUT2D eigenvalue weighted by Crippen LogP contribution is 2.13. The maximum atomic E-state index is 3.30. The zero-order valence-corrected chi connectivity index (χ0v) is 15.7. The van der Waals surface area contributed by atoms with Gasteiger partial charge in [0, 0.05) is 6.54 Å². The van der Waals surface area contributed by atoms with Crippen LogP contribution in [0.15, 0.2) is 12.3 Å². The van der Waals surface area contributed by atoms with Crippen molar-refractivity contribution in [2.24, 2.45) is 0 Å². The van der Waals surface area contributed by atoms with Gasteiger partial charge in [-0.25, -0.2) is 0 Å². The fraction of sp³-hybridized carbons (Fsp3) is 0.905. The molecule has 0 radical (unpaired) electrons. The van der Waals surface area contributed by atoms with E-state index in [9.17, 15) is 0 Å². The molecule has 0 aromatic rings. The zero-order valence-electron chi connectivity index (χ0n) is 15.7. The minimum Gasteiger partial charge on any atom is -0.391 e. The smallest absolute Gasteiger partial charge is 0.0141 e. The van der Waals surface area contributed by atoms with Crippen LogP contribution in [0.1, 0.15) is 117 Å². The molecule has 0 aliphatic heterocycles. The Hall–Kier alpha value is -0.460. The molecule has 0 aliphatic rings. The van der Waals surface area contributed by atoms with Crippen molar-refractivity contribution >= 4 is 0 Å². The molecule has 0 unspecified atom stereocenters. The van der Waals surface area contributed by atoms with Gasteiger partial charge >= 0.3 is 0 Å². The lowest BCUT2D eigenvalue weighted by Crippen LogP contribution is -2.05. The highest BCUT2D eigenvalue weighted by atomic mass is 14.8. The Kier molecular flexibility index (Phi) is 20.1. The number of hydrogen-bond acceptors (Lipinski definition) is 1. The highest BCUT2D eigenvalue weighted by molar-refractivity contribution is 4.73. The van der Waals surface area contributed by atoms with E-state index in [1.165, 1.54) is 103 Å². The first-order chi connectivity index (χ1) is 10.9. The van der Waals surface area contributed by atoms with E-state index in [4.69, 9.17) is 0 Å². The lowest BCUT2D eigenvalue weighted by Gasteiger charge is -2.04. The highest BCUT2D eigenvalue weighted by Gasteiger charge is 1.94. The molecular formula is C21H43N. The first-order valence-corrected chi connectivity index (χ1v) is 10.3. The van der Waals surface area contributed by atoms with Crippen LogP contribution in [0.3, 0.4) is 0 Å². The van der Waals surface area contributed by atoms with Crippen LogP contribution in [0.5, 0.6) is 0 Å². The largest absolute Gasteiger partial charge is 0.391 e. The van der Waals surface area contributed by atoms with Gasteiger partial charge < -0.3 is 5.32 Å². The van der Waals surface area contributed by atoms with Gasteiger partial charge in [-0.2, -0.15) is 0 Å². The van der Waals surface area contributed by atoms with Crippen molar-refractivity contribution in [2.75, 3.05) is 6.54 Å².